The molecule has 0 spiro atoms. The summed E-state index contributed by atoms with van der Waals surface area (Å²) in [5.41, 5.74) is 0.666. The maximum atomic E-state index is 12.4. The molecular formula is C16H22Cl2N4O2. The van der Waals surface area contributed by atoms with Gasteiger partial charge in [-0.2, -0.15) is 0 Å². The first-order valence-corrected chi connectivity index (χ1v) is 8.83. The molecule has 6 nitrogen and oxygen atoms in total. The molecule has 1 aromatic rings. The van der Waals surface area contributed by atoms with Crippen LogP contribution in [0.15, 0.2) is 12.1 Å². The summed E-state index contributed by atoms with van der Waals surface area (Å²) in [6.07, 6.45) is 0. The molecule has 0 aromatic heterocycles. The van der Waals surface area contributed by atoms with Gasteiger partial charge in [0.15, 0.2) is 0 Å². The van der Waals surface area contributed by atoms with Crippen molar-refractivity contribution in [3.05, 3.63) is 22.2 Å². The fourth-order valence-corrected chi connectivity index (χ4v) is 3.30. The Morgan fingerprint density at radius 2 is 1.92 bits per heavy atom. The van der Waals surface area contributed by atoms with E-state index in [2.05, 4.69) is 15.5 Å². The van der Waals surface area contributed by atoms with Crippen LogP contribution in [0.1, 0.15) is 0 Å². The van der Waals surface area contributed by atoms with Gasteiger partial charge in [0.25, 0.3) is 0 Å². The van der Waals surface area contributed by atoms with Crippen molar-refractivity contribution in [2.75, 3.05) is 58.2 Å². The maximum Gasteiger partial charge on any atom is 0.241 e. The van der Waals surface area contributed by atoms with E-state index in [4.69, 9.17) is 27.9 Å². The van der Waals surface area contributed by atoms with E-state index in [9.17, 15) is 4.79 Å². The Balaban J connectivity index is 1.51. The topological polar surface area (TPSA) is 56.8 Å². The van der Waals surface area contributed by atoms with Gasteiger partial charge >= 0.3 is 0 Å². The number of anilines is 1. The molecule has 1 amide bonds. The number of piperazine rings is 1. The molecule has 2 aliphatic rings. The van der Waals surface area contributed by atoms with Gasteiger partial charge in [-0.15, -0.1) is 0 Å². The predicted octanol–water partition coefficient (Wildman–Crippen LogP) is 1.53. The molecular weight excluding hydrogens is 351 g/mol. The van der Waals surface area contributed by atoms with Crippen molar-refractivity contribution in [1.82, 2.24) is 15.1 Å². The van der Waals surface area contributed by atoms with E-state index in [1.165, 1.54) is 0 Å². The summed E-state index contributed by atoms with van der Waals surface area (Å²) in [6.45, 7) is 5.76. The van der Waals surface area contributed by atoms with Crippen molar-refractivity contribution in [2.45, 2.75) is 6.04 Å². The molecule has 2 fully saturated rings. The molecule has 2 aliphatic heterocycles. The highest BCUT2D eigenvalue weighted by Gasteiger charge is 2.29. The highest BCUT2D eigenvalue weighted by molar-refractivity contribution is 6.42. The lowest BCUT2D eigenvalue weighted by molar-refractivity contribution is -0.131. The van der Waals surface area contributed by atoms with Crippen LogP contribution >= 0.6 is 23.2 Å². The number of ether oxygens (including phenoxy) is 1. The van der Waals surface area contributed by atoms with Gasteiger partial charge < -0.3 is 20.3 Å². The SMILES string of the molecule is COc1cc(Cl)c(Cl)cc1NCC(=O)N1CCN(C2CNC2)CC1. The third-order valence-electron chi connectivity index (χ3n) is 4.62. The predicted molar refractivity (Wildman–Crippen MR) is 96.3 cm³/mol. The van der Waals surface area contributed by atoms with Crippen molar-refractivity contribution < 1.29 is 9.53 Å². The quantitative estimate of drug-likeness (QED) is 0.820. The van der Waals surface area contributed by atoms with Gasteiger partial charge in [-0.1, -0.05) is 23.2 Å². The van der Waals surface area contributed by atoms with Crippen LogP contribution in [-0.2, 0) is 4.79 Å². The zero-order chi connectivity index (χ0) is 17.1. The number of methoxy groups -OCH3 is 1. The summed E-state index contributed by atoms with van der Waals surface area (Å²) < 4.78 is 5.28. The van der Waals surface area contributed by atoms with Gasteiger partial charge in [0.2, 0.25) is 5.91 Å². The van der Waals surface area contributed by atoms with Crippen LogP contribution in [0.2, 0.25) is 10.0 Å². The molecule has 0 radical (unpaired) electrons. The first-order valence-electron chi connectivity index (χ1n) is 8.08. The second-order valence-corrected chi connectivity index (χ2v) is 6.86. The van der Waals surface area contributed by atoms with E-state index in [-0.39, 0.29) is 12.5 Å². The summed E-state index contributed by atoms with van der Waals surface area (Å²) in [5, 5.41) is 7.24. The Morgan fingerprint density at radius 3 is 2.50 bits per heavy atom. The minimum Gasteiger partial charge on any atom is -0.495 e. The number of hydrogen-bond donors (Lipinski definition) is 2. The number of carbonyl (C=O) groups is 1. The summed E-state index contributed by atoms with van der Waals surface area (Å²) in [6, 6.07) is 3.96. The van der Waals surface area contributed by atoms with Crippen LogP contribution in [0.25, 0.3) is 0 Å². The van der Waals surface area contributed by atoms with Crippen molar-refractivity contribution in [3.63, 3.8) is 0 Å². The standard InChI is InChI=1S/C16H22Cl2N4O2/c1-24-15-7-13(18)12(17)6-14(15)20-10-16(23)22-4-2-21(3-5-22)11-8-19-9-11/h6-7,11,19-20H,2-5,8-10H2,1H3. The van der Waals surface area contributed by atoms with Crippen LogP contribution in [0.3, 0.4) is 0 Å². The Bertz CT molecular complexity index is 602. The fraction of sp³-hybridized carbons (Fsp3) is 0.562. The molecule has 2 N–H and O–H groups in total. The van der Waals surface area contributed by atoms with Crippen molar-refractivity contribution >= 4 is 34.8 Å². The van der Waals surface area contributed by atoms with Gasteiger partial charge in [0.1, 0.15) is 5.75 Å². The fourth-order valence-electron chi connectivity index (χ4n) is 2.99. The third-order valence-corrected chi connectivity index (χ3v) is 5.34. The smallest absolute Gasteiger partial charge is 0.241 e. The Morgan fingerprint density at radius 1 is 1.25 bits per heavy atom. The maximum absolute atomic E-state index is 12.4. The molecule has 0 aliphatic carbocycles. The highest BCUT2D eigenvalue weighted by Crippen LogP contribution is 2.34. The Hall–Kier alpha value is -1.21. The largest absolute Gasteiger partial charge is 0.495 e. The van der Waals surface area contributed by atoms with E-state index in [1.807, 2.05) is 4.90 Å². The monoisotopic (exact) mass is 372 g/mol. The zero-order valence-corrected chi connectivity index (χ0v) is 15.2. The van der Waals surface area contributed by atoms with Gasteiger partial charge in [-0.05, 0) is 6.07 Å². The first kappa shape index (κ1) is 17.6. The van der Waals surface area contributed by atoms with E-state index in [0.29, 0.717) is 27.5 Å². The number of hydrogen-bond acceptors (Lipinski definition) is 5. The van der Waals surface area contributed by atoms with E-state index in [0.717, 1.165) is 39.3 Å². The summed E-state index contributed by atoms with van der Waals surface area (Å²) in [4.78, 5) is 16.8. The third kappa shape index (κ3) is 3.88. The van der Waals surface area contributed by atoms with E-state index in [1.54, 1.807) is 19.2 Å². The van der Waals surface area contributed by atoms with Gasteiger partial charge in [-0.3, -0.25) is 9.69 Å². The number of carbonyl (C=O) groups excluding carboxylic acids is 1. The van der Waals surface area contributed by atoms with Gasteiger partial charge in [0.05, 0.1) is 29.4 Å². The second-order valence-electron chi connectivity index (χ2n) is 6.05. The zero-order valence-electron chi connectivity index (χ0n) is 13.6. The average molecular weight is 373 g/mol. The Kier molecular flexibility index (Phi) is 5.71. The van der Waals surface area contributed by atoms with Gasteiger partial charge in [0, 0.05) is 51.4 Å². The lowest BCUT2D eigenvalue weighted by Crippen LogP contribution is -2.62. The molecule has 0 atom stereocenters. The van der Waals surface area contributed by atoms with Crippen LogP contribution in [0.5, 0.6) is 5.75 Å². The molecule has 24 heavy (non-hydrogen) atoms. The molecule has 132 valence electrons. The van der Waals surface area contributed by atoms with Crippen LogP contribution in [-0.4, -0.2) is 74.7 Å². The molecule has 2 heterocycles. The normalized spacial score (nSPS) is 19.0. The van der Waals surface area contributed by atoms with Crippen LogP contribution in [0, 0.1) is 0 Å². The number of nitrogens with one attached hydrogen (secondary N) is 2. The lowest BCUT2D eigenvalue weighted by atomic mass is 10.1. The minimum absolute atomic E-state index is 0.0782. The molecule has 3 rings (SSSR count). The first-order chi connectivity index (χ1) is 11.6. The molecule has 2 saturated heterocycles. The van der Waals surface area contributed by atoms with Crippen LogP contribution in [0.4, 0.5) is 5.69 Å². The summed E-state index contributed by atoms with van der Waals surface area (Å²) in [7, 11) is 1.56. The van der Waals surface area contributed by atoms with Gasteiger partial charge in [-0.25, -0.2) is 0 Å². The van der Waals surface area contributed by atoms with Crippen molar-refractivity contribution in [2.24, 2.45) is 0 Å². The molecule has 0 saturated carbocycles. The number of rotatable bonds is 5. The number of amides is 1. The summed E-state index contributed by atoms with van der Waals surface area (Å²) in [5.74, 6) is 0.647. The summed E-state index contributed by atoms with van der Waals surface area (Å²) >= 11 is 12.0. The average Bonchev–Trinajstić information content (AvgIpc) is 2.54. The number of benzene rings is 1. The van der Waals surface area contributed by atoms with E-state index < -0.39 is 0 Å². The molecule has 0 unspecified atom stereocenters. The lowest BCUT2D eigenvalue weighted by Gasteiger charge is -2.43. The molecule has 0 bridgehead atoms. The molecule has 8 heteroatoms. The van der Waals surface area contributed by atoms with Crippen LogP contribution < -0.4 is 15.4 Å². The minimum atomic E-state index is 0.0782. The second kappa shape index (κ2) is 7.78. The van der Waals surface area contributed by atoms with E-state index >= 15 is 0 Å². The van der Waals surface area contributed by atoms with Crippen molar-refractivity contribution in [3.8, 4) is 5.75 Å². The number of nitrogens with zero attached hydrogens (tertiary/aromatic N) is 2. The number of halogens is 2. The molecule has 1 aromatic carbocycles. The van der Waals surface area contributed by atoms with Crippen molar-refractivity contribution in [1.29, 1.82) is 0 Å². The highest BCUT2D eigenvalue weighted by atomic mass is 35.5. The Labute approximate surface area is 152 Å².